The average molecular weight is 277 g/mol. The van der Waals surface area contributed by atoms with E-state index in [1.165, 1.54) is 6.07 Å². The third kappa shape index (κ3) is 2.70. The van der Waals surface area contributed by atoms with Crippen LogP contribution in [0.15, 0.2) is 24.3 Å². The minimum Gasteiger partial charge on any atom is -0.373 e. The quantitative estimate of drug-likeness (QED) is 0.830. The van der Waals surface area contributed by atoms with Crippen LogP contribution < -0.4 is 0 Å². The SMILES string of the molecule is C[C@@H]1C[C@@H]2CCN(C(=O)Cc3ccccc3F)C[C@H]2O1. The highest BCUT2D eigenvalue weighted by Gasteiger charge is 2.38. The Kier molecular flexibility index (Phi) is 3.74. The first kappa shape index (κ1) is 13.6. The first-order valence-corrected chi connectivity index (χ1v) is 7.30. The molecule has 0 bridgehead atoms. The monoisotopic (exact) mass is 277 g/mol. The van der Waals surface area contributed by atoms with Gasteiger partial charge in [-0.2, -0.15) is 0 Å². The number of ether oxygens (including phenoxy) is 1. The van der Waals surface area contributed by atoms with Crippen LogP contribution in [-0.2, 0) is 16.0 Å². The zero-order valence-corrected chi connectivity index (χ0v) is 11.7. The Hall–Kier alpha value is -1.42. The topological polar surface area (TPSA) is 29.5 Å². The number of nitrogens with zero attached hydrogens (tertiary/aromatic N) is 1. The molecule has 0 N–H and O–H groups in total. The van der Waals surface area contributed by atoms with Crippen molar-refractivity contribution >= 4 is 5.91 Å². The van der Waals surface area contributed by atoms with Crippen molar-refractivity contribution in [2.75, 3.05) is 13.1 Å². The van der Waals surface area contributed by atoms with Gasteiger partial charge in [-0.3, -0.25) is 4.79 Å². The van der Waals surface area contributed by atoms with Crippen LogP contribution in [0.1, 0.15) is 25.3 Å². The number of likely N-dealkylation sites (tertiary alicyclic amines) is 1. The van der Waals surface area contributed by atoms with Gasteiger partial charge in [0.05, 0.1) is 18.6 Å². The second kappa shape index (κ2) is 5.52. The summed E-state index contributed by atoms with van der Waals surface area (Å²) in [6.45, 7) is 3.51. The number of amides is 1. The molecule has 0 radical (unpaired) electrons. The lowest BCUT2D eigenvalue weighted by Crippen LogP contribution is -2.46. The van der Waals surface area contributed by atoms with Gasteiger partial charge in [0.1, 0.15) is 5.82 Å². The molecular formula is C16H20FNO2. The van der Waals surface area contributed by atoms with Gasteiger partial charge in [0, 0.05) is 13.1 Å². The number of carbonyl (C=O) groups excluding carboxylic acids is 1. The van der Waals surface area contributed by atoms with E-state index in [0.29, 0.717) is 24.1 Å². The first-order valence-electron chi connectivity index (χ1n) is 7.30. The summed E-state index contributed by atoms with van der Waals surface area (Å²) in [6.07, 6.45) is 2.70. The standard InChI is InChI=1S/C16H20FNO2/c1-11-8-13-6-7-18(10-15(13)20-11)16(19)9-12-4-2-3-5-14(12)17/h2-5,11,13,15H,6-10H2,1H3/t11-,13+,15-/m1/s1. The number of hydrogen-bond acceptors (Lipinski definition) is 2. The van der Waals surface area contributed by atoms with Gasteiger partial charge in [-0.05, 0) is 37.3 Å². The maximum Gasteiger partial charge on any atom is 0.227 e. The van der Waals surface area contributed by atoms with E-state index in [9.17, 15) is 9.18 Å². The highest BCUT2D eigenvalue weighted by molar-refractivity contribution is 5.79. The van der Waals surface area contributed by atoms with Gasteiger partial charge in [-0.15, -0.1) is 0 Å². The van der Waals surface area contributed by atoms with Crippen LogP contribution in [0.5, 0.6) is 0 Å². The van der Waals surface area contributed by atoms with Gasteiger partial charge < -0.3 is 9.64 Å². The molecule has 2 aliphatic heterocycles. The fourth-order valence-electron chi connectivity index (χ4n) is 3.31. The molecule has 0 aromatic heterocycles. The predicted octanol–water partition coefficient (Wildman–Crippen LogP) is 2.39. The molecule has 2 heterocycles. The zero-order chi connectivity index (χ0) is 14.1. The maximum atomic E-state index is 13.6. The molecule has 0 aliphatic carbocycles. The molecular weight excluding hydrogens is 257 g/mol. The molecule has 0 saturated carbocycles. The summed E-state index contributed by atoms with van der Waals surface area (Å²) in [6, 6.07) is 6.48. The molecule has 2 aliphatic rings. The largest absolute Gasteiger partial charge is 0.373 e. The molecule has 2 saturated heterocycles. The van der Waals surface area contributed by atoms with Gasteiger partial charge in [0.25, 0.3) is 0 Å². The lowest BCUT2D eigenvalue weighted by atomic mass is 9.92. The minimum atomic E-state index is -0.304. The van der Waals surface area contributed by atoms with Crippen LogP contribution in [0, 0.1) is 11.7 Å². The predicted molar refractivity (Wildman–Crippen MR) is 73.7 cm³/mol. The summed E-state index contributed by atoms with van der Waals surface area (Å²) in [5.41, 5.74) is 0.473. The van der Waals surface area contributed by atoms with Crippen molar-refractivity contribution in [2.24, 2.45) is 5.92 Å². The molecule has 20 heavy (non-hydrogen) atoms. The van der Waals surface area contributed by atoms with Crippen LogP contribution in [0.3, 0.4) is 0 Å². The number of rotatable bonds is 2. The summed E-state index contributed by atoms with van der Waals surface area (Å²) < 4.78 is 19.4. The third-order valence-corrected chi connectivity index (χ3v) is 4.39. The first-order chi connectivity index (χ1) is 9.63. The van der Waals surface area contributed by atoms with E-state index in [2.05, 4.69) is 6.92 Å². The molecule has 2 fully saturated rings. The van der Waals surface area contributed by atoms with Crippen molar-refractivity contribution in [2.45, 2.75) is 38.4 Å². The Bertz CT molecular complexity index is 505. The van der Waals surface area contributed by atoms with Crippen LogP contribution in [0.25, 0.3) is 0 Å². The number of fused-ring (bicyclic) bond motifs is 1. The van der Waals surface area contributed by atoms with Gasteiger partial charge in [-0.1, -0.05) is 18.2 Å². The number of hydrogen-bond donors (Lipinski definition) is 0. The Morgan fingerprint density at radius 1 is 1.45 bits per heavy atom. The molecule has 0 unspecified atom stereocenters. The van der Waals surface area contributed by atoms with Crippen LogP contribution in [0.4, 0.5) is 4.39 Å². The molecule has 108 valence electrons. The van der Waals surface area contributed by atoms with Gasteiger partial charge >= 0.3 is 0 Å². The fourth-order valence-corrected chi connectivity index (χ4v) is 3.31. The number of halogens is 1. The van der Waals surface area contributed by atoms with Crippen LogP contribution >= 0.6 is 0 Å². The Morgan fingerprint density at radius 2 is 2.25 bits per heavy atom. The smallest absolute Gasteiger partial charge is 0.227 e. The van der Waals surface area contributed by atoms with E-state index in [1.54, 1.807) is 18.2 Å². The Balaban J connectivity index is 1.62. The molecule has 1 aromatic rings. The number of carbonyl (C=O) groups is 1. The summed E-state index contributed by atoms with van der Waals surface area (Å²) in [5, 5.41) is 0. The van der Waals surface area contributed by atoms with E-state index in [0.717, 1.165) is 19.4 Å². The highest BCUT2D eigenvalue weighted by Crippen LogP contribution is 2.33. The molecule has 3 rings (SSSR count). The van der Waals surface area contributed by atoms with Crippen molar-refractivity contribution in [1.29, 1.82) is 0 Å². The highest BCUT2D eigenvalue weighted by atomic mass is 19.1. The molecule has 0 spiro atoms. The Morgan fingerprint density at radius 3 is 3.05 bits per heavy atom. The number of piperidine rings is 1. The van der Waals surface area contributed by atoms with Crippen molar-refractivity contribution in [3.8, 4) is 0 Å². The third-order valence-electron chi connectivity index (χ3n) is 4.39. The normalized spacial score (nSPS) is 29.3. The number of benzene rings is 1. The van der Waals surface area contributed by atoms with E-state index in [4.69, 9.17) is 4.74 Å². The fraction of sp³-hybridized carbons (Fsp3) is 0.562. The van der Waals surface area contributed by atoms with Gasteiger partial charge in [-0.25, -0.2) is 4.39 Å². The lowest BCUT2D eigenvalue weighted by Gasteiger charge is -2.34. The van der Waals surface area contributed by atoms with E-state index in [-0.39, 0.29) is 24.2 Å². The van der Waals surface area contributed by atoms with E-state index < -0.39 is 0 Å². The second-order valence-electron chi connectivity index (χ2n) is 5.88. The van der Waals surface area contributed by atoms with Crippen molar-refractivity contribution < 1.29 is 13.9 Å². The van der Waals surface area contributed by atoms with E-state index >= 15 is 0 Å². The minimum absolute atomic E-state index is 0.00305. The zero-order valence-electron chi connectivity index (χ0n) is 11.7. The summed E-state index contributed by atoms with van der Waals surface area (Å²) in [4.78, 5) is 14.1. The van der Waals surface area contributed by atoms with Gasteiger partial charge in [0.15, 0.2) is 0 Å². The van der Waals surface area contributed by atoms with E-state index in [1.807, 2.05) is 4.90 Å². The van der Waals surface area contributed by atoms with Crippen LogP contribution in [-0.4, -0.2) is 36.1 Å². The molecule has 3 nitrogen and oxygen atoms in total. The lowest BCUT2D eigenvalue weighted by molar-refractivity contribution is -0.134. The Labute approximate surface area is 118 Å². The molecule has 3 atom stereocenters. The molecule has 1 amide bonds. The second-order valence-corrected chi connectivity index (χ2v) is 5.88. The van der Waals surface area contributed by atoms with Crippen molar-refractivity contribution in [3.63, 3.8) is 0 Å². The summed E-state index contributed by atoms with van der Waals surface area (Å²) >= 11 is 0. The van der Waals surface area contributed by atoms with Crippen molar-refractivity contribution in [3.05, 3.63) is 35.6 Å². The summed E-state index contributed by atoms with van der Waals surface area (Å²) in [7, 11) is 0. The van der Waals surface area contributed by atoms with Gasteiger partial charge in [0.2, 0.25) is 5.91 Å². The van der Waals surface area contributed by atoms with Crippen molar-refractivity contribution in [1.82, 2.24) is 4.90 Å². The van der Waals surface area contributed by atoms with Crippen LogP contribution in [0.2, 0.25) is 0 Å². The molecule has 4 heteroatoms. The maximum absolute atomic E-state index is 13.6. The molecule has 1 aromatic carbocycles. The average Bonchev–Trinajstić information content (AvgIpc) is 2.80. The summed E-state index contributed by atoms with van der Waals surface area (Å²) in [5.74, 6) is 0.278.